The molecule has 0 aliphatic carbocycles. The number of ether oxygens (including phenoxy) is 4. The molecule has 0 amide bonds. The minimum atomic E-state index is -0.0970. The summed E-state index contributed by atoms with van der Waals surface area (Å²) >= 11 is 0. The molecule has 1 aromatic rings. The summed E-state index contributed by atoms with van der Waals surface area (Å²) in [7, 11) is 1.72. The molecule has 182 valence electrons. The first kappa shape index (κ1) is 26.8. The van der Waals surface area contributed by atoms with E-state index < -0.39 is 0 Å². The maximum atomic E-state index is 10.5. The molecule has 5 heteroatoms. The molecule has 5 nitrogen and oxygen atoms in total. The summed E-state index contributed by atoms with van der Waals surface area (Å²) in [5.74, 6) is 0.850. The minimum Gasteiger partial charge on any atom is -0.468 e. The Kier molecular flexibility index (Phi) is 14.3. The van der Waals surface area contributed by atoms with Gasteiger partial charge in [-0.15, -0.1) is 0 Å². The van der Waals surface area contributed by atoms with Crippen LogP contribution in [0.4, 0.5) is 0 Å². The van der Waals surface area contributed by atoms with Gasteiger partial charge >= 0.3 is 0 Å². The van der Waals surface area contributed by atoms with Crippen LogP contribution < -0.4 is 0 Å². The van der Waals surface area contributed by atoms with Crippen molar-refractivity contribution in [2.75, 3.05) is 33.5 Å². The zero-order valence-electron chi connectivity index (χ0n) is 20.3. The van der Waals surface area contributed by atoms with Crippen LogP contribution in [-0.2, 0) is 36.6 Å². The lowest BCUT2D eigenvalue weighted by atomic mass is 9.97. The van der Waals surface area contributed by atoms with E-state index in [4.69, 9.17) is 18.9 Å². The molecule has 0 aromatic heterocycles. The predicted octanol–water partition coefficient (Wildman–Crippen LogP) is 5.73. The van der Waals surface area contributed by atoms with Crippen LogP contribution in [0.2, 0.25) is 0 Å². The number of methoxy groups -OCH3 is 1. The first-order chi connectivity index (χ1) is 15.7. The molecular weight excluding hydrogens is 404 g/mol. The molecule has 1 aromatic carbocycles. The van der Waals surface area contributed by atoms with Crippen molar-refractivity contribution in [1.82, 2.24) is 0 Å². The van der Waals surface area contributed by atoms with E-state index in [1.807, 2.05) is 0 Å². The van der Waals surface area contributed by atoms with Crippen LogP contribution in [0.3, 0.4) is 0 Å². The Morgan fingerprint density at radius 1 is 0.969 bits per heavy atom. The summed E-state index contributed by atoms with van der Waals surface area (Å²) < 4.78 is 22.1. The molecule has 0 saturated carbocycles. The van der Waals surface area contributed by atoms with Crippen molar-refractivity contribution >= 4 is 6.47 Å². The molecule has 1 saturated heterocycles. The van der Waals surface area contributed by atoms with Gasteiger partial charge in [0.2, 0.25) is 0 Å². The fourth-order valence-corrected chi connectivity index (χ4v) is 4.31. The van der Waals surface area contributed by atoms with Gasteiger partial charge in [-0.1, -0.05) is 44.0 Å². The van der Waals surface area contributed by atoms with Crippen LogP contribution in [0, 0.1) is 11.8 Å². The van der Waals surface area contributed by atoms with E-state index in [9.17, 15) is 4.79 Å². The van der Waals surface area contributed by atoms with E-state index in [2.05, 4.69) is 31.2 Å². The highest BCUT2D eigenvalue weighted by atomic mass is 16.7. The number of hydrogen-bond donors (Lipinski definition) is 0. The fourth-order valence-electron chi connectivity index (χ4n) is 4.31. The number of aryl methyl sites for hydroxylation is 2. The molecule has 1 atom stereocenters. The average molecular weight is 449 g/mol. The SMILES string of the molecule is CCCCCc1ccc(CCC2COC(CCCC(CCCOC)COC=O)OC2)cc1. The van der Waals surface area contributed by atoms with Gasteiger partial charge in [-0.2, -0.15) is 0 Å². The molecule has 0 spiro atoms. The number of hydrogen-bond acceptors (Lipinski definition) is 5. The molecule has 0 N–H and O–H groups in total. The van der Waals surface area contributed by atoms with Crippen molar-refractivity contribution in [3.05, 3.63) is 35.4 Å². The largest absolute Gasteiger partial charge is 0.468 e. The van der Waals surface area contributed by atoms with Crippen LogP contribution in [0.15, 0.2) is 24.3 Å². The summed E-state index contributed by atoms with van der Waals surface area (Å²) in [6.07, 6.45) is 12.1. The van der Waals surface area contributed by atoms with Crippen molar-refractivity contribution in [2.45, 2.75) is 83.8 Å². The first-order valence-electron chi connectivity index (χ1n) is 12.6. The maximum Gasteiger partial charge on any atom is 0.293 e. The second-order valence-corrected chi connectivity index (χ2v) is 9.14. The van der Waals surface area contributed by atoms with Crippen LogP contribution in [-0.4, -0.2) is 46.3 Å². The van der Waals surface area contributed by atoms with E-state index in [-0.39, 0.29) is 6.29 Å². The van der Waals surface area contributed by atoms with E-state index in [0.717, 1.165) is 64.8 Å². The Bertz CT molecular complexity index is 580. The van der Waals surface area contributed by atoms with Crippen molar-refractivity contribution < 1.29 is 23.7 Å². The lowest BCUT2D eigenvalue weighted by Crippen LogP contribution is -2.32. The summed E-state index contributed by atoms with van der Waals surface area (Å²) in [6, 6.07) is 9.15. The van der Waals surface area contributed by atoms with Gasteiger partial charge < -0.3 is 18.9 Å². The Morgan fingerprint density at radius 3 is 2.31 bits per heavy atom. The smallest absolute Gasteiger partial charge is 0.293 e. The number of benzene rings is 1. The normalized spacial score (nSPS) is 19.6. The number of carbonyl (C=O) groups excluding carboxylic acids is 1. The van der Waals surface area contributed by atoms with Crippen LogP contribution in [0.5, 0.6) is 0 Å². The van der Waals surface area contributed by atoms with E-state index in [0.29, 0.717) is 24.9 Å². The quantitative estimate of drug-likeness (QED) is 0.212. The summed E-state index contributed by atoms with van der Waals surface area (Å²) in [5.41, 5.74) is 2.86. The molecule has 1 aliphatic heterocycles. The third-order valence-electron chi connectivity index (χ3n) is 6.38. The molecule has 1 fully saturated rings. The maximum absolute atomic E-state index is 10.5. The number of unbranched alkanes of at least 4 members (excludes halogenated alkanes) is 2. The Labute approximate surface area is 195 Å². The average Bonchev–Trinajstić information content (AvgIpc) is 2.83. The number of rotatable bonds is 18. The van der Waals surface area contributed by atoms with Crippen LogP contribution in [0.25, 0.3) is 0 Å². The molecule has 32 heavy (non-hydrogen) atoms. The fraction of sp³-hybridized carbons (Fsp3) is 0.741. The van der Waals surface area contributed by atoms with E-state index in [1.54, 1.807) is 7.11 Å². The highest BCUT2D eigenvalue weighted by Crippen LogP contribution is 2.22. The highest BCUT2D eigenvalue weighted by Gasteiger charge is 2.22. The second-order valence-electron chi connectivity index (χ2n) is 9.14. The Hall–Kier alpha value is -1.43. The number of carbonyl (C=O) groups is 1. The van der Waals surface area contributed by atoms with Gasteiger partial charge in [0.25, 0.3) is 6.47 Å². The standard InChI is InChI=1S/C27H44O5/c1-3-4-5-8-23-12-14-24(15-13-23)16-17-26-20-31-27(32-21-26)11-6-9-25(19-30-22-28)10-7-18-29-2/h12-15,22,25-27H,3-11,16-21H2,1-2H3. The van der Waals surface area contributed by atoms with Gasteiger partial charge in [0.15, 0.2) is 6.29 Å². The minimum absolute atomic E-state index is 0.0970. The zero-order valence-corrected chi connectivity index (χ0v) is 20.3. The Balaban J connectivity index is 1.58. The molecule has 2 rings (SSSR count). The molecular formula is C27H44O5. The van der Waals surface area contributed by atoms with Crippen molar-refractivity contribution in [3.8, 4) is 0 Å². The predicted molar refractivity (Wildman–Crippen MR) is 128 cm³/mol. The summed E-state index contributed by atoms with van der Waals surface area (Å²) in [6.45, 7) is 5.59. The van der Waals surface area contributed by atoms with Gasteiger partial charge in [0.1, 0.15) is 0 Å². The van der Waals surface area contributed by atoms with Gasteiger partial charge in [0.05, 0.1) is 19.8 Å². The van der Waals surface area contributed by atoms with Gasteiger partial charge in [0, 0.05) is 19.6 Å². The highest BCUT2D eigenvalue weighted by molar-refractivity contribution is 5.36. The van der Waals surface area contributed by atoms with Gasteiger partial charge in [-0.25, -0.2) is 0 Å². The van der Waals surface area contributed by atoms with Crippen LogP contribution in [0.1, 0.15) is 75.8 Å². The first-order valence-corrected chi connectivity index (χ1v) is 12.6. The molecule has 1 unspecified atom stereocenters. The zero-order chi connectivity index (χ0) is 22.9. The third kappa shape index (κ3) is 11.4. The van der Waals surface area contributed by atoms with Crippen molar-refractivity contribution in [3.63, 3.8) is 0 Å². The Morgan fingerprint density at radius 2 is 1.66 bits per heavy atom. The van der Waals surface area contributed by atoms with Crippen LogP contribution >= 0.6 is 0 Å². The summed E-state index contributed by atoms with van der Waals surface area (Å²) in [5, 5.41) is 0. The monoisotopic (exact) mass is 448 g/mol. The third-order valence-corrected chi connectivity index (χ3v) is 6.38. The summed E-state index contributed by atoms with van der Waals surface area (Å²) in [4.78, 5) is 10.5. The van der Waals surface area contributed by atoms with Crippen molar-refractivity contribution in [2.24, 2.45) is 11.8 Å². The van der Waals surface area contributed by atoms with E-state index >= 15 is 0 Å². The second kappa shape index (κ2) is 17.1. The molecule has 0 radical (unpaired) electrons. The lowest BCUT2D eigenvalue weighted by molar-refractivity contribution is -0.204. The molecule has 1 aliphatic rings. The van der Waals surface area contributed by atoms with E-state index in [1.165, 1.54) is 36.8 Å². The van der Waals surface area contributed by atoms with Crippen molar-refractivity contribution in [1.29, 1.82) is 0 Å². The molecule has 1 heterocycles. The topological polar surface area (TPSA) is 54.0 Å². The molecule has 0 bridgehead atoms. The lowest BCUT2D eigenvalue weighted by Gasteiger charge is -2.30. The van der Waals surface area contributed by atoms with Gasteiger partial charge in [-0.3, -0.25) is 4.79 Å². The van der Waals surface area contributed by atoms with Gasteiger partial charge in [-0.05, 0) is 74.8 Å².